The van der Waals surface area contributed by atoms with Gasteiger partial charge in [0.2, 0.25) is 0 Å². The van der Waals surface area contributed by atoms with Crippen LogP contribution in [0.3, 0.4) is 0 Å². The molecule has 0 radical (unpaired) electrons. The molecule has 10 heavy (non-hydrogen) atoms. The lowest BCUT2D eigenvalue weighted by atomic mass is 10.1. The number of aldehydes is 1. The minimum Gasteiger partial charge on any atom is -0.394 e. The maximum absolute atomic E-state index is 9.82. The molecule has 0 aromatic rings. The molecule has 0 aromatic carbocycles. The fourth-order valence-electron chi connectivity index (χ4n) is 0.365. The molecule has 0 aliphatic carbocycles. The van der Waals surface area contributed by atoms with Crippen LogP contribution in [0.15, 0.2) is 0 Å². The Hall–Kier alpha value is -0.490. The zero-order valence-corrected chi connectivity index (χ0v) is 5.14. The summed E-state index contributed by atoms with van der Waals surface area (Å²) in [6.07, 6.45) is -6.48. The molecular weight excluding hydrogens is 140 g/mol. The summed E-state index contributed by atoms with van der Waals surface area (Å²) < 4.78 is 6.75. The number of hydrogen-bond acceptors (Lipinski definition) is 5. The van der Waals surface area contributed by atoms with E-state index in [4.69, 9.17) is 21.8 Å². The van der Waals surface area contributed by atoms with E-state index >= 15 is 0 Å². The van der Waals surface area contributed by atoms with E-state index in [-0.39, 0.29) is 6.29 Å². The molecule has 5 nitrogen and oxygen atoms in total. The highest BCUT2D eigenvalue weighted by Crippen LogP contribution is 1.96. The van der Waals surface area contributed by atoms with E-state index in [1.165, 1.54) is 0 Å². The maximum Gasteiger partial charge on any atom is 0.151 e. The summed E-state index contributed by atoms with van der Waals surface area (Å²) in [4.78, 5) is 9.82. The fraction of sp³-hybridized carbons (Fsp3) is 0.800. The monoisotopic (exact) mass is 151 g/mol. The predicted octanol–water partition coefficient (Wildman–Crippen LogP) is -2.74. The SMILES string of the molecule is [2H][C@@](O)(CO)[C@H](O)[C@@H](O)C=O. The number of carbonyl (C=O) groups excluding carboxylic acids is 1. The molecule has 0 aliphatic heterocycles. The van der Waals surface area contributed by atoms with Gasteiger partial charge in [0.1, 0.15) is 18.3 Å². The number of aliphatic hydroxyl groups excluding tert-OH is 3. The Kier molecular flexibility index (Phi) is 3.31. The third kappa shape index (κ3) is 2.40. The summed E-state index contributed by atoms with van der Waals surface area (Å²) in [7, 11) is 0. The minimum absolute atomic E-state index is 0.0279. The molecule has 0 bridgehead atoms. The van der Waals surface area contributed by atoms with Gasteiger partial charge in [0.05, 0.1) is 7.98 Å². The van der Waals surface area contributed by atoms with E-state index in [1.807, 2.05) is 0 Å². The van der Waals surface area contributed by atoms with Gasteiger partial charge < -0.3 is 25.2 Å². The molecule has 0 aliphatic rings. The molecule has 4 N–H and O–H groups in total. The summed E-state index contributed by atoms with van der Waals surface area (Å²) in [6.45, 7) is -1.06. The number of rotatable bonds is 4. The molecule has 0 spiro atoms. The number of carbonyl (C=O) groups is 1. The molecule has 0 amide bonds. The molecule has 5 heteroatoms. The first-order valence-electron chi connectivity index (χ1n) is 3.10. The van der Waals surface area contributed by atoms with E-state index in [1.54, 1.807) is 0 Å². The van der Waals surface area contributed by atoms with Gasteiger partial charge in [0, 0.05) is 0 Å². The van der Waals surface area contributed by atoms with Crippen LogP contribution in [0, 0.1) is 0 Å². The van der Waals surface area contributed by atoms with Crippen molar-refractivity contribution < 1.29 is 26.6 Å². The fourth-order valence-corrected chi connectivity index (χ4v) is 0.365. The van der Waals surface area contributed by atoms with Gasteiger partial charge in [-0.25, -0.2) is 0 Å². The Morgan fingerprint density at radius 1 is 1.50 bits per heavy atom. The lowest BCUT2D eigenvalue weighted by Gasteiger charge is -2.16. The molecule has 0 fully saturated rings. The highest BCUT2D eigenvalue weighted by atomic mass is 16.4. The number of aliphatic hydroxyl groups is 4. The van der Waals surface area contributed by atoms with E-state index in [9.17, 15) is 4.79 Å². The molecule has 0 unspecified atom stereocenters. The first-order chi connectivity index (χ1) is 4.95. The van der Waals surface area contributed by atoms with Crippen LogP contribution in [0.2, 0.25) is 0 Å². The third-order valence-corrected chi connectivity index (χ3v) is 0.966. The van der Waals surface area contributed by atoms with E-state index in [0.29, 0.717) is 0 Å². The van der Waals surface area contributed by atoms with Crippen LogP contribution < -0.4 is 0 Å². The predicted molar refractivity (Wildman–Crippen MR) is 31.2 cm³/mol. The van der Waals surface area contributed by atoms with Crippen LogP contribution in [-0.4, -0.2) is 51.6 Å². The van der Waals surface area contributed by atoms with Crippen molar-refractivity contribution in [3.05, 3.63) is 0 Å². The first kappa shape index (κ1) is 7.62. The van der Waals surface area contributed by atoms with E-state index in [2.05, 4.69) is 0 Å². The quantitative estimate of drug-likeness (QED) is 0.327. The highest BCUT2D eigenvalue weighted by Gasteiger charge is 2.22. The first-order valence-corrected chi connectivity index (χ1v) is 2.60. The van der Waals surface area contributed by atoms with Gasteiger partial charge in [-0.15, -0.1) is 0 Å². The van der Waals surface area contributed by atoms with Crippen LogP contribution in [0.1, 0.15) is 1.37 Å². The molecule has 0 saturated carbocycles. The molecule has 0 aromatic heterocycles. The second-order valence-corrected chi connectivity index (χ2v) is 1.72. The van der Waals surface area contributed by atoms with Crippen molar-refractivity contribution in [2.75, 3.05) is 6.61 Å². The average Bonchev–Trinajstić information content (AvgIpc) is 2.01. The van der Waals surface area contributed by atoms with Crippen molar-refractivity contribution in [2.24, 2.45) is 0 Å². The van der Waals surface area contributed by atoms with Crippen molar-refractivity contribution in [1.82, 2.24) is 0 Å². The molecule has 3 atom stereocenters. The Bertz CT molecular complexity index is 137. The Morgan fingerprint density at radius 2 is 2.00 bits per heavy atom. The minimum atomic E-state index is -2.60. The van der Waals surface area contributed by atoms with Crippen LogP contribution >= 0.6 is 0 Å². The zero-order chi connectivity index (χ0) is 9.07. The molecular formula is C5H10O5. The lowest BCUT2D eigenvalue weighted by molar-refractivity contribution is -0.127. The summed E-state index contributed by atoms with van der Waals surface area (Å²) >= 11 is 0. The normalized spacial score (nSPS) is 24.2. The van der Waals surface area contributed by atoms with Gasteiger partial charge in [-0.3, -0.25) is 0 Å². The third-order valence-electron chi connectivity index (χ3n) is 0.966. The highest BCUT2D eigenvalue weighted by molar-refractivity contribution is 5.56. The van der Waals surface area contributed by atoms with Gasteiger partial charge >= 0.3 is 0 Å². The largest absolute Gasteiger partial charge is 0.394 e. The van der Waals surface area contributed by atoms with Gasteiger partial charge in [-0.1, -0.05) is 0 Å². The summed E-state index contributed by atoms with van der Waals surface area (Å²) in [5, 5.41) is 34.4. The lowest BCUT2D eigenvalue weighted by Crippen LogP contribution is -2.40. The summed E-state index contributed by atoms with van der Waals surface area (Å²) in [5.41, 5.74) is 0. The van der Waals surface area contributed by atoms with Gasteiger partial charge in [-0.2, -0.15) is 0 Å². The Labute approximate surface area is 58.9 Å². The van der Waals surface area contributed by atoms with Crippen LogP contribution in [0.4, 0.5) is 0 Å². The standard InChI is InChI=1S/C5H10O5/c6-1-3(8)5(10)4(9)2-7/h1,3-5,7-10H,2H2/t3-,4+,5+/m0/s1/i4D. The number of hydrogen-bond donors (Lipinski definition) is 4. The smallest absolute Gasteiger partial charge is 0.151 e. The average molecular weight is 151 g/mol. The van der Waals surface area contributed by atoms with Crippen molar-refractivity contribution in [3.8, 4) is 0 Å². The zero-order valence-electron chi connectivity index (χ0n) is 6.14. The maximum atomic E-state index is 9.82. The van der Waals surface area contributed by atoms with E-state index < -0.39 is 24.9 Å². The second-order valence-electron chi connectivity index (χ2n) is 1.72. The molecule has 60 valence electrons. The van der Waals surface area contributed by atoms with Crippen molar-refractivity contribution >= 4 is 6.29 Å². The second kappa shape index (κ2) is 4.35. The van der Waals surface area contributed by atoms with Crippen molar-refractivity contribution in [1.29, 1.82) is 0 Å². The van der Waals surface area contributed by atoms with Crippen LogP contribution in [0.25, 0.3) is 0 Å². The van der Waals surface area contributed by atoms with Gasteiger partial charge in [0.15, 0.2) is 6.29 Å². The summed E-state index contributed by atoms with van der Waals surface area (Å²) in [6, 6.07) is 0. The Balaban J connectivity index is 4.21. The van der Waals surface area contributed by atoms with Gasteiger partial charge in [0.25, 0.3) is 0 Å². The molecule has 0 heterocycles. The topological polar surface area (TPSA) is 98.0 Å². The van der Waals surface area contributed by atoms with Gasteiger partial charge in [-0.05, 0) is 0 Å². The molecule has 0 saturated heterocycles. The van der Waals surface area contributed by atoms with Crippen LogP contribution in [-0.2, 0) is 4.79 Å². The van der Waals surface area contributed by atoms with E-state index in [0.717, 1.165) is 0 Å². The van der Waals surface area contributed by atoms with Crippen molar-refractivity contribution in [3.63, 3.8) is 0 Å². The molecule has 0 rings (SSSR count). The van der Waals surface area contributed by atoms with Crippen LogP contribution in [0.5, 0.6) is 0 Å². The van der Waals surface area contributed by atoms with Crippen molar-refractivity contribution in [2.45, 2.75) is 18.3 Å². The Morgan fingerprint density at radius 3 is 2.30 bits per heavy atom. The summed E-state index contributed by atoms with van der Waals surface area (Å²) in [5.74, 6) is 0.